The lowest BCUT2D eigenvalue weighted by atomic mass is 10.1. The minimum atomic E-state index is 0.796. The first-order chi connectivity index (χ1) is 10.3. The maximum Gasteiger partial charge on any atom is 0.191 e. The zero-order valence-electron chi connectivity index (χ0n) is 13.2. The van der Waals surface area contributed by atoms with Crippen molar-refractivity contribution in [3.05, 3.63) is 35.4 Å². The molecule has 1 aliphatic rings. The molecule has 0 aromatic heterocycles. The number of rotatable bonds is 8. The molecule has 21 heavy (non-hydrogen) atoms. The van der Waals surface area contributed by atoms with Crippen molar-refractivity contribution in [1.29, 1.82) is 0 Å². The summed E-state index contributed by atoms with van der Waals surface area (Å²) < 4.78 is 5.62. The van der Waals surface area contributed by atoms with Gasteiger partial charge in [0.1, 0.15) is 0 Å². The summed E-state index contributed by atoms with van der Waals surface area (Å²) in [5.74, 6) is 1.70. The minimum absolute atomic E-state index is 0.796. The molecule has 0 bridgehead atoms. The zero-order chi connectivity index (χ0) is 14.9. The fraction of sp³-hybridized carbons (Fsp3) is 0.588. The summed E-state index contributed by atoms with van der Waals surface area (Å²) in [5, 5.41) is 6.67. The van der Waals surface area contributed by atoms with Gasteiger partial charge in [0.2, 0.25) is 0 Å². The Hall–Kier alpha value is -1.55. The lowest BCUT2D eigenvalue weighted by molar-refractivity contribution is 0.123. The molecule has 0 heterocycles. The SMILES string of the molecule is CN=C(NCCCOCC1CC1)NCc1ccccc1C. The molecular formula is C17H27N3O. The van der Waals surface area contributed by atoms with Crippen LogP contribution >= 0.6 is 0 Å². The van der Waals surface area contributed by atoms with Crippen LogP contribution in [0.5, 0.6) is 0 Å². The van der Waals surface area contributed by atoms with Crippen LogP contribution in [-0.4, -0.2) is 32.8 Å². The summed E-state index contributed by atoms with van der Waals surface area (Å²) in [7, 11) is 1.80. The summed E-state index contributed by atoms with van der Waals surface area (Å²) in [6, 6.07) is 8.40. The lowest BCUT2D eigenvalue weighted by Gasteiger charge is -2.13. The molecule has 2 rings (SSSR count). The Morgan fingerprint density at radius 2 is 2.10 bits per heavy atom. The molecule has 1 saturated carbocycles. The number of ether oxygens (including phenoxy) is 1. The van der Waals surface area contributed by atoms with Gasteiger partial charge in [0, 0.05) is 33.4 Å². The fourth-order valence-corrected chi connectivity index (χ4v) is 2.12. The van der Waals surface area contributed by atoms with Crippen molar-refractivity contribution in [2.45, 2.75) is 32.7 Å². The maximum atomic E-state index is 5.62. The van der Waals surface area contributed by atoms with Crippen molar-refractivity contribution < 1.29 is 4.74 Å². The monoisotopic (exact) mass is 289 g/mol. The minimum Gasteiger partial charge on any atom is -0.381 e. The number of aryl methyl sites for hydroxylation is 1. The summed E-state index contributed by atoms with van der Waals surface area (Å²) in [5.41, 5.74) is 2.60. The third-order valence-corrected chi connectivity index (χ3v) is 3.74. The molecule has 1 aromatic rings. The van der Waals surface area contributed by atoms with Gasteiger partial charge in [-0.3, -0.25) is 4.99 Å². The molecule has 0 saturated heterocycles. The quantitative estimate of drug-likeness (QED) is 0.439. The van der Waals surface area contributed by atoms with Gasteiger partial charge in [-0.05, 0) is 43.2 Å². The van der Waals surface area contributed by atoms with E-state index in [1.165, 1.54) is 24.0 Å². The molecule has 0 aliphatic heterocycles. The van der Waals surface area contributed by atoms with Crippen molar-refractivity contribution in [2.75, 3.05) is 26.8 Å². The van der Waals surface area contributed by atoms with Gasteiger partial charge in [-0.1, -0.05) is 24.3 Å². The molecule has 1 fully saturated rings. The van der Waals surface area contributed by atoms with E-state index in [0.29, 0.717) is 0 Å². The van der Waals surface area contributed by atoms with Crippen LogP contribution < -0.4 is 10.6 Å². The van der Waals surface area contributed by atoms with Crippen LogP contribution in [0.4, 0.5) is 0 Å². The Bertz CT molecular complexity index is 455. The van der Waals surface area contributed by atoms with Gasteiger partial charge >= 0.3 is 0 Å². The number of nitrogens with zero attached hydrogens (tertiary/aromatic N) is 1. The van der Waals surface area contributed by atoms with E-state index in [1.807, 2.05) is 0 Å². The highest BCUT2D eigenvalue weighted by atomic mass is 16.5. The largest absolute Gasteiger partial charge is 0.381 e. The van der Waals surface area contributed by atoms with Crippen molar-refractivity contribution in [3.8, 4) is 0 Å². The molecule has 1 aromatic carbocycles. The summed E-state index contributed by atoms with van der Waals surface area (Å²) >= 11 is 0. The van der Waals surface area contributed by atoms with E-state index in [4.69, 9.17) is 4.74 Å². The van der Waals surface area contributed by atoms with Gasteiger partial charge in [-0.2, -0.15) is 0 Å². The molecule has 116 valence electrons. The molecule has 0 spiro atoms. The second-order valence-corrected chi connectivity index (χ2v) is 5.65. The predicted molar refractivity (Wildman–Crippen MR) is 87.5 cm³/mol. The normalized spacial score (nSPS) is 15.0. The average Bonchev–Trinajstić information content (AvgIpc) is 3.31. The summed E-state index contributed by atoms with van der Waals surface area (Å²) in [4.78, 5) is 4.24. The highest BCUT2D eigenvalue weighted by Gasteiger charge is 2.20. The highest BCUT2D eigenvalue weighted by molar-refractivity contribution is 5.79. The molecule has 0 amide bonds. The number of aliphatic imine (C=N–C) groups is 1. The fourth-order valence-electron chi connectivity index (χ4n) is 2.12. The number of nitrogens with one attached hydrogen (secondary N) is 2. The van der Waals surface area contributed by atoms with Crippen LogP contribution in [0.25, 0.3) is 0 Å². The first-order valence-electron chi connectivity index (χ1n) is 7.86. The Labute approximate surface area is 128 Å². The second kappa shape index (κ2) is 8.67. The van der Waals surface area contributed by atoms with Crippen LogP contribution in [0.3, 0.4) is 0 Å². The van der Waals surface area contributed by atoms with E-state index in [1.54, 1.807) is 7.05 Å². The molecule has 0 atom stereocenters. The van der Waals surface area contributed by atoms with Gasteiger partial charge < -0.3 is 15.4 Å². The van der Waals surface area contributed by atoms with E-state index >= 15 is 0 Å². The maximum absolute atomic E-state index is 5.62. The van der Waals surface area contributed by atoms with E-state index in [0.717, 1.165) is 44.6 Å². The van der Waals surface area contributed by atoms with Gasteiger partial charge in [0.15, 0.2) is 5.96 Å². The molecule has 4 nitrogen and oxygen atoms in total. The summed E-state index contributed by atoms with van der Waals surface area (Å²) in [6.45, 7) is 5.59. The Kier molecular flexibility index (Phi) is 6.54. The topological polar surface area (TPSA) is 45.7 Å². The smallest absolute Gasteiger partial charge is 0.191 e. The Morgan fingerprint density at radius 1 is 1.29 bits per heavy atom. The molecular weight excluding hydrogens is 262 g/mol. The number of guanidine groups is 1. The van der Waals surface area contributed by atoms with Gasteiger partial charge in [-0.25, -0.2) is 0 Å². The molecule has 1 aliphatic carbocycles. The van der Waals surface area contributed by atoms with Crippen LogP contribution in [0.15, 0.2) is 29.3 Å². The molecule has 0 unspecified atom stereocenters. The highest BCUT2D eigenvalue weighted by Crippen LogP contribution is 2.28. The van der Waals surface area contributed by atoms with Crippen LogP contribution in [0.1, 0.15) is 30.4 Å². The van der Waals surface area contributed by atoms with Crippen molar-refractivity contribution in [2.24, 2.45) is 10.9 Å². The van der Waals surface area contributed by atoms with E-state index < -0.39 is 0 Å². The van der Waals surface area contributed by atoms with E-state index in [2.05, 4.69) is 46.8 Å². The van der Waals surface area contributed by atoms with Gasteiger partial charge in [0.05, 0.1) is 0 Å². The van der Waals surface area contributed by atoms with Gasteiger partial charge in [-0.15, -0.1) is 0 Å². The van der Waals surface area contributed by atoms with Crippen LogP contribution in [0.2, 0.25) is 0 Å². The predicted octanol–water partition coefficient (Wildman–Crippen LogP) is 2.48. The number of benzene rings is 1. The first-order valence-corrected chi connectivity index (χ1v) is 7.86. The molecule has 2 N–H and O–H groups in total. The first kappa shape index (κ1) is 15.8. The Morgan fingerprint density at radius 3 is 2.81 bits per heavy atom. The number of hydrogen-bond donors (Lipinski definition) is 2. The second-order valence-electron chi connectivity index (χ2n) is 5.65. The van der Waals surface area contributed by atoms with E-state index in [9.17, 15) is 0 Å². The molecule has 4 heteroatoms. The van der Waals surface area contributed by atoms with Crippen molar-refractivity contribution >= 4 is 5.96 Å². The lowest BCUT2D eigenvalue weighted by Crippen LogP contribution is -2.37. The Balaban J connectivity index is 1.58. The number of hydrogen-bond acceptors (Lipinski definition) is 2. The van der Waals surface area contributed by atoms with Crippen LogP contribution in [-0.2, 0) is 11.3 Å². The zero-order valence-corrected chi connectivity index (χ0v) is 13.2. The van der Waals surface area contributed by atoms with Crippen LogP contribution in [0, 0.1) is 12.8 Å². The van der Waals surface area contributed by atoms with Gasteiger partial charge in [0.25, 0.3) is 0 Å². The summed E-state index contributed by atoms with van der Waals surface area (Å²) in [6.07, 6.45) is 3.72. The van der Waals surface area contributed by atoms with Crippen molar-refractivity contribution in [3.63, 3.8) is 0 Å². The molecule has 0 radical (unpaired) electrons. The average molecular weight is 289 g/mol. The standard InChI is InChI=1S/C17H27N3O/c1-14-6-3-4-7-16(14)12-20-17(18-2)19-10-5-11-21-13-15-8-9-15/h3-4,6-7,15H,5,8-13H2,1-2H3,(H2,18,19,20). The third kappa shape index (κ3) is 6.17. The van der Waals surface area contributed by atoms with E-state index in [-0.39, 0.29) is 0 Å². The third-order valence-electron chi connectivity index (χ3n) is 3.74. The van der Waals surface area contributed by atoms with Crippen molar-refractivity contribution in [1.82, 2.24) is 10.6 Å².